The first-order valence-electron chi connectivity index (χ1n) is 4.88. The molecule has 0 aliphatic heterocycles. The number of nitrogens with zero attached hydrogens (tertiary/aromatic N) is 2. The molecule has 1 atom stereocenters. The van der Waals surface area contributed by atoms with Gasteiger partial charge in [0.2, 0.25) is 0 Å². The highest BCUT2D eigenvalue weighted by Gasteiger charge is 2.11. The van der Waals surface area contributed by atoms with Gasteiger partial charge >= 0.3 is 0 Å². The van der Waals surface area contributed by atoms with Gasteiger partial charge < -0.3 is 9.84 Å². The molecule has 2 rings (SSSR count). The van der Waals surface area contributed by atoms with Gasteiger partial charge in [-0.25, -0.2) is 0 Å². The summed E-state index contributed by atoms with van der Waals surface area (Å²) in [5.74, 6) is 0.793. The maximum absolute atomic E-state index is 9.89. The van der Waals surface area contributed by atoms with Crippen LogP contribution in [0.3, 0.4) is 0 Å². The van der Waals surface area contributed by atoms with Crippen LogP contribution in [0.1, 0.15) is 17.4 Å². The zero-order valence-electron chi connectivity index (χ0n) is 8.83. The van der Waals surface area contributed by atoms with E-state index in [1.165, 1.54) is 0 Å². The molecule has 1 N–H and O–H groups in total. The Morgan fingerprint density at radius 3 is 3.06 bits per heavy atom. The molecular weight excluding hydrogens is 224 g/mol. The van der Waals surface area contributed by atoms with Crippen molar-refractivity contribution < 1.29 is 9.84 Å². The molecule has 1 aromatic heterocycles. The second kappa shape index (κ2) is 5.05. The zero-order chi connectivity index (χ0) is 11.4. The quantitative estimate of drug-likeness (QED) is 0.879. The van der Waals surface area contributed by atoms with Crippen molar-refractivity contribution in [2.24, 2.45) is 0 Å². The summed E-state index contributed by atoms with van der Waals surface area (Å²) in [5.41, 5.74) is 1.63. The Hall–Kier alpha value is -1.46. The minimum Gasteiger partial charge on any atom is -0.497 e. The lowest BCUT2D eigenvalue weighted by molar-refractivity contribution is 0.174. The molecule has 0 amide bonds. The van der Waals surface area contributed by atoms with E-state index in [1.807, 2.05) is 24.3 Å². The second-order valence-corrected chi connectivity index (χ2v) is 3.96. The number of aliphatic hydroxyl groups excluding tert-OH is 1. The molecular formula is C11H12N2O2S. The molecule has 0 radical (unpaired) electrons. The first-order chi connectivity index (χ1) is 7.79. The smallest absolute Gasteiger partial charge is 0.119 e. The van der Waals surface area contributed by atoms with Crippen LogP contribution in [0.5, 0.6) is 5.75 Å². The Labute approximate surface area is 97.9 Å². The van der Waals surface area contributed by atoms with Gasteiger partial charge in [0.1, 0.15) is 17.5 Å². The van der Waals surface area contributed by atoms with Crippen LogP contribution < -0.4 is 4.74 Å². The Morgan fingerprint density at radius 1 is 1.50 bits per heavy atom. The van der Waals surface area contributed by atoms with Gasteiger partial charge in [-0.15, -0.1) is 0 Å². The van der Waals surface area contributed by atoms with Crippen molar-refractivity contribution in [3.63, 3.8) is 0 Å². The fourth-order valence-corrected chi connectivity index (χ4v) is 1.91. The van der Waals surface area contributed by atoms with E-state index in [2.05, 4.69) is 8.75 Å². The molecule has 0 fully saturated rings. The molecule has 2 aromatic rings. The lowest BCUT2D eigenvalue weighted by Gasteiger charge is -2.08. The van der Waals surface area contributed by atoms with Crippen molar-refractivity contribution in [3.8, 4) is 5.75 Å². The van der Waals surface area contributed by atoms with E-state index in [0.717, 1.165) is 23.0 Å². The molecule has 0 spiro atoms. The van der Waals surface area contributed by atoms with Gasteiger partial charge in [-0.1, -0.05) is 12.1 Å². The lowest BCUT2D eigenvalue weighted by Crippen LogP contribution is -2.02. The maximum atomic E-state index is 9.89. The van der Waals surface area contributed by atoms with Crippen molar-refractivity contribution >= 4 is 11.7 Å². The minimum absolute atomic E-state index is 0.516. The van der Waals surface area contributed by atoms with Crippen molar-refractivity contribution in [2.75, 3.05) is 7.11 Å². The summed E-state index contributed by atoms with van der Waals surface area (Å²) in [6.07, 6.45) is 1.50. The molecule has 0 bridgehead atoms. The predicted molar refractivity (Wildman–Crippen MR) is 61.6 cm³/mol. The minimum atomic E-state index is -0.606. The summed E-state index contributed by atoms with van der Waals surface area (Å²) < 4.78 is 13.0. The normalized spacial score (nSPS) is 12.4. The fourth-order valence-electron chi connectivity index (χ4n) is 1.45. The summed E-state index contributed by atoms with van der Waals surface area (Å²) in [5, 5.41) is 9.89. The fraction of sp³-hybridized carbons (Fsp3) is 0.273. The zero-order valence-corrected chi connectivity index (χ0v) is 9.65. The van der Waals surface area contributed by atoms with Gasteiger partial charge in [0.05, 0.1) is 25.0 Å². The number of hydrogen-bond acceptors (Lipinski definition) is 5. The van der Waals surface area contributed by atoms with E-state index < -0.39 is 6.10 Å². The highest BCUT2D eigenvalue weighted by Crippen LogP contribution is 2.19. The number of benzene rings is 1. The van der Waals surface area contributed by atoms with Gasteiger partial charge in [0.25, 0.3) is 0 Å². The molecule has 0 aliphatic carbocycles. The van der Waals surface area contributed by atoms with Crippen LogP contribution >= 0.6 is 11.7 Å². The Kier molecular flexibility index (Phi) is 3.48. The van der Waals surface area contributed by atoms with Gasteiger partial charge in [-0.3, -0.25) is 0 Å². The predicted octanol–water partition coefficient (Wildman–Crippen LogP) is 1.82. The van der Waals surface area contributed by atoms with Crippen LogP contribution in [-0.4, -0.2) is 21.0 Å². The third-order valence-electron chi connectivity index (χ3n) is 2.28. The lowest BCUT2D eigenvalue weighted by atomic mass is 10.1. The maximum Gasteiger partial charge on any atom is 0.119 e. The Balaban J connectivity index is 2.08. The van der Waals surface area contributed by atoms with Crippen LogP contribution in [0, 0.1) is 0 Å². The first-order valence-corrected chi connectivity index (χ1v) is 5.61. The van der Waals surface area contributed by atoms with Crippen molar-refractivity contribution in [2.45, 2.75) is 12.5 Å². The van der Waals surface area contributed by atoms with E-state index in [9.17, 15) is 5.11 Å². The number of ether oxygens (including phenoxy) is 1. The van der Waals surface area contributed by atoms with Crippen LogP contribution in [0.4, 0.5) is 0 Å². The van der Waals surface area contributed by atoms with E-state index in [4.69, 9.17) is 4.74 Å². The van der Waals surface area contributed by atoms with Gasteiger partial charge in [0, 0.05) is 6.42 Å². The SMILES string of the molecule is COc1cccc(CC(O)c2cnsn2)c1. The molecule has 1 unspecified atom stereocenters. The van der Waals surface area contributed by atoms with E-state index in [1.54, 1.807) is 13.3 Å². The Morgan fingerprint density at radius 2 is 2.38 bits per heavy atom. The molecule has 5 heteroatoms. The topological polar surface area (TPSA) is 55.2 Å². The van der Waals surface area contributed by atoms with Gasteiger partial charge in [0.15, 0.2) is 0 Å². The molecule has 0 aliphatic rings. The van der Waals surface area contributed by atoms with Crippen molar-refractivity contribution in [1.29, 1.82) is 0 Å². The van der Waals surface area contributed by atoms with E-state index in [0.29, 0.717) is 12.1 Å². The molecule has 1 aromatic carbocycles. The molecule has 1 heterocycles. The summed E-state index contributed by atoms with van der Waals surface area (Å²) in [7, 11) is 1.62. The summed E-state index contributed by atoms with van der Waals surface area (Å²) >= 11 is 1.10. The van der Waals surface area contributed by atoms with Crippen LogP contribution in [-0.2, 0) is 6.42 Å². The number of methoxy groups -OCH3 is 1. The van der Waals surface area contributed by atoms with Crippen molar-refractivity contribution in [1.82, 2.24) is 8.75 Å². The third kappa shape index (κ3) is 2.56. The number of aromatic nitrogens is 2. The molecule has 0 saturated heterocycles. The molecule has 16 heavy (non-hydrogen) atoms. The number of hydrogen-bond donors (Lipinski definition) is 1. The molecule has 0 saturated carbocycles. The highest BCUT2D eigenvalue weighted by atomic mass is 32.1. The van der Waals surface area contributed by atoms with Gasteiger partial charge in [-0.05, 0) is 17.7 Å². The second-order valence-electron chi connectivity index (χ2n) is 3.40. The van der Waals surface area contributed by atoms with Crippen LogP contribution in [0.15, 0.2) is 30.5 Å². The average Bonchev–Trinajstić information content (AvgIpc) is 2.83. The number of rotatable bonds is 4. The van der Waals surface area contributed by atoms with E-state index >= 15 is 0 Å². The number of aliphatic hydroxyl groups is 1. The van der Waals surface area contributed by atoms with Crippen molar-refractivity contribution in [3.05, 3.63) is 41.7 Å². The highest BCUT2D eigenvalue weighted by molar-refractivity contribution is 6.99. The summed E-state index contributed by atoms with van der Waals surface area (Å²) in [6.45, 7) is 0. The monoisotopic (exact) mass is 236 g/mol. The third-order valence-corrected chi connectivity index (χ3v) is 2.78. The van der Waals surface area contributed by atoms with Gasteiger partial charge in [-0.2, -0.15) is 8.75 Å². The summed E-state index contributed by atoms with van der Waals surface area (Å²) in [4.78, 5) is 0. The van der Waals surface area contributed by atoms with Crippen LogP contribution in [0.25, 0.3) is 0 Å². The average molecular weight is 236 g/mol. The van der Waals surface area contributed by atoms with E-state index in [-0.39, 0.29) is 0 Å². The van der Waals surface area contributed by atoms with Crippen LogP contribution in [0.2, 0.25) is 0 Å². The molecule has 4 nitrogen and oxygen atoms in total. The Bertz CT molecular complexity index is 445. The first kappa shape index (κ1) is 11.0. The largest absolute Gasteiger partial charge is 0.497 e. The standard InChI is InChI=1S/C11H12N2O2S/c1-15-9-4-2-3-8(5-9)6-11(14)10-7-12-16-13-10/h2-5,7,11,14H,6H2,1H3. The summed E-state index contributed by atoms with van der Waals surface area (Å²) in [6, 6.07) is 7.63. The molecule has 84 valence electrons.